The number of hydrogen-bond donors (Lipinski definition) is 1. The topological polar surface area (TPSA) is 74.1 Å². The van der Waals surface area contributed by atoms with Crippen molar-refractivity contribution in [1.29, 1.82) is 0 Å². The van der Waals surface area contributed by atoms with Crippen molar-refractivity contribution in [1.82, 2.24) is 19.7 Å². The zero-order chi connectivity index (χ0) is 22.5. The van der Waals surface area contributed by atoms with Crippen LogP contribution in [0.2, 0.25) is 0 Å². The number of aromatic nitrogens is 4. The fourth-order valence-corrected chi connectivity index (χ4v) is 3.15. The van der Waals surface area contributed by atoms with Gasteiger partial charge in [0, 0.05) is 23.9 Å². The van der Waals surface area contributed by atoms with Crippen molar-refractivity contribution >= 4 is 5.95 Å². The minimum absolute atomic E-state index is 0.0973. The third-order valence-corrected chi connectivity index (χ3v) is 4.76. The summed E-state index contributed by atoms with van der Waals surface area (Å²) in [7, 11) is 3.04. The molecule has 7 nitrogen and oxygen atoms in total. The first-order valence-electron chi connectivity index (χ1n) is 9.79. The number of benzene rings is 2. The maximum absolute atomic E-state index is 13.5. The van der Waals surface area contributed by atoms with Crippen LogP contribution in [0.25, 0.3) is 16.9 Å². The van der Waals surface area contributed by atoms with Crippen molar-refractivity contribution in [2.45, 2.75) is 13.0 Å². The highest BCUT2D eigenvalue weighted by Gasteiger charge is 2.16. The van der Waals surface area contributed by atoms with E-state index in [9.17, 15) is 8.78 Å². The molecule has 0 aliphatic heterocycles. The first-order valence-corrected chi connectivity index (χ1v) is 9.79. The minimum Gasteiger partial charge on any atom is -0.493 e. The van der Waals surface area contributed by atoms with Crippen LogP contribution >= 0.6 is 0 Å². The third kappa shape index (κ3) is 4.66. The molecule has 0 bridgehead atoms. The predicted molar refractivity (Wildman–Crippen MR) is 116 cm³/mol. The van der Waals surface area contributed by atoms with Crippen LogP contribution in [0, 0.1) is 0 Å². The maximum Gasteiger partial charge on any atom is 0.280 e. The number of rotatable bonds is 8. The molecule has 4 aromatic rings. The Morgan fingerprint density at radius 3 is 2.47 bits per heavy atom. The zero-order valence-electron chi connectivity index (χ0n) is 17.5. The van der Waals surface area contributed by atoms with Crippen LogP contribution in [0.4, 0.5) is 14.7 Å². The molecule has 2 heterocycles. The molecule has 0 amide bonds. The van der Waals surface area contributed by atoms with Crippen molar-refractivity contribution in [2.24, 2.45) is 0 Å². The van der Waals surface area contributed by atoms with Gasteiger partial charge < -0.3 is 14.8 Å². The Labute approximate surface area is 183 Å². The third-order valence-electron chi connectivity index (χ3n) is 4.76. The molecule has 1 N–H and O–H groups in total. The Morgan fingerprint density at radius 1 is 0.969 bits per heavy atom. The van der Waals surface area contributed by atoms with Crippen LogP contribution in [-0.2, 0) is 6.54 Å². The van der Waals surface area contributed by atoms with Gasteiger partial charge in [0.1, 0.15) is 5.69 Å². The molecule has 0 aliphatic rings. The van der Waals surface area contributed by atoms with Gasteiger partial charge in [0.25, 0.3) is 6.43 Å². The highest BCUT2D eigenvalue weighted by atomic mass is 19.3. The number of anilines is 1. The smallest absolute Gasteiger partial charge is 0.280 e. The average molecular weight is 437 g/mol. The number of alkyl halides is 2. The van der Waals surface area contributed by atoms with E-state index in [-0.39, 0.29) is 11.6 Å². The number of halogens is 2. The molecule has 0 spiro atoms. The first-order chi connectivity index (χ1) is 15.6. The second-order valence-electron chi connectivity index (χ2n) is 6.85. The Bertz CT molecular complexity index is 1200. The van der Waals surface area contributed by atoms with Gasteiger partial charge in [-0.3, -0.25) is 0 Å². The lowest BCUT2D eigenvalue weighted by Crippen LogP contribution is -2.06. The highest BCUT2D eigenvalue weighted by Crippen LogP contribution is 2.33. The lowest BCUT2D eigenvalue weighted by atomic mass is 10.1. The molecule has 0 radical (unpaired) electrons. The van der Waals surface area contributed by atoms with Gasteiger partial charge in [-0.15, -0.1) is 0 Å². The summed E-state index contributed by atoms with van der Waals surface area (Å²) in [5, 5.41) is 7.35. The van der Waals surface area contributed by atoms with Crippen LogP contribution in [-0.4, -0.2) is 34.0 Å². The number of methoxy groups -OCH3 is 2. The van der Waals surface area contributed by atoms with E-state index in [1.165, 1.54) is 20.3 Å². The number of hydrogen-bond acceptors (Lipinski definition) is 6. The SMILES string of the molecule is COc1ccc(-c2cc(C(F)F)nc(NCc3cnn(-c4ccccc4)c3)n2)cc1OC. The molecule has 0 saturated heterocycles. The molecule has 9 heteroatoms. The number of nitrogens with zero attached hydrogens (tertiary/aromatic N) is 4. The second kappa shape index (κ2) is 9.42. The molecule has 0 saturated carbocycles. The molecule has 0 fully saturated rings. The quantitative estimate of drug-likeness (QED) is 0.423. The molecular formula is C23H21F2N5O2. The number of para-hydroxylation sites is 1. The minimum atomic E-state index is -2.74. The monoisotopic (exact) mass is 437 g/mol. The van der Waals surface area contributed by atoms with Gasteiger partial charge in [-0.25, -0.2) is 23.4 Å². The molecule has 0 unspecified atom stereocenters. The molecule has 2 aromatic heterocycles. The maximum atomic E-state index is 13.5. The molecule has 164 valence electrons. The van der Waals surface area contributed by atoms with Crippen molar-refractivity contribution < 1.29 is 18.3 Å². The van der Waals surface area contributed by atoms with Gasteiger partial charge in [-0.2, -0.15) is 5.10 Å². The summed E-state index contributed by atoms with van der Waals surface area (Å²) in [6.07, 6.45) is 0.819. The van der Waals surface area contributed by atoms with Gasteiger partial charge in [0.2, 0.25) is 5.95 Å². The second-order valence-corrected chi connectivity index (χ2v) is 6.85. The van der Waals surface area contributed by atoms with Gasteiger partial charge in [0.15, 0.2) is 11.5 Å². The van der Waals surface area contributed by atoms with Crippen molar-refractivity contribution in [3.05, 3.63) is 78.2 Å². The van der Waals surface area contributed by atoms with Crippen molar-refractivity contribution in [3.8, 4) is 28.4 Å². The predicted octanol–water partition coefficient (Wildman–Crippen LogP) is 4.90. The fourth-order valence-electron chi connectivity index (χ4n) is 3.15. The summed E-state index contributed by atoms with van der Waals surface area (Å²) in [6.45, 7) is 0.324. The van der Waals surface area contributed by atoms with E-state index in [0.717, 1.165) is 11.3 Å². The summed E-state index contributed by atoms with van der Waals surface area (Å²) < 4.78 is 39.3. The van der Waals surface area contributed by atoms with Crippen LogP contribution in [0.3, 0.4) is 0 Å². The molecule has 4 rings (SSSR count). The van der Waals surface area contributed by atoms with Crippen LogP contribution < -0.4 is 14.8 Å². The van der Waals surface area contributed by atoms with E-state index in [2.05, 4.69) is 20.4 Å². The summed E-state index contributed by atoms with van der Waals surface area (Å²) >= 11 is 0. The fraction of sp³-hybridized carbons (Fsp3) is 0.174. The van der Waals surface area contributed by atoms with E-state index >= 15 is 0 Å². The summed E-state index contributed by atoms with van der Waals surface area (Å²) in [4.78, 5) is 8.38. The van der Waals surface area contributed by atoms with E-state index in [1.54, 1.807) is 29.1 Å². The lowest BCUT2D eigenvalue weighted by molar-refractivity contribution is 0.146. The summed E-state index contributed by atoms with van der Waals surface area (Å²) in [5.74, 6) is 1.11. The number of nitrogens with one attached hydrogen (secondary N) is 1. The molecule has 2 aromatic carbocycles. The highest BCUT2D eigenvalue weighted by molar-refractivity contribution is 5.65. The van der Waals surface area contributed by atoms with E-state index in [0.29, 0.717) is 29.3 Å². The molecule has 0 aliphatic carbocycles. The Morgan fingerprint density at radius 2 is 1.75 bits per heavy atom. The first kappa shape index (κ1) is 21.2. The normalized spacial score (nSPS) is 10.9. The Hall–Kier alpha value is -4.01. The van der Waals surface area contributed by atoms with Crippen molar-refractivity contribution in [3.63, 3.8) is 0 Å². The summed E-state index contributed by atoms with van der Waals surface area (Å²) in [5.41, 5.74) is 2.36. The van der Waals surface area contributed by atoms with E-state index < -0.39 is 6.43 Å². The van der Waals surface area contributed by atoms with E-state index in [1.807, 2.05) is 36.5 Å². The lowest BCUT2D eigenvalue weighted by Gasteiger charge is -2.12. The Kier molecular flexibility index (Phi) is 6.25. The standard InChI is InChI=1S/C23H21F2N5O2/c1-31-20-9-8-16(10-21(20)32-2)18-11-19(22(24)25)29-23(28-18)26-12-15-13-27-30(14-15)17-6-4-3-5-7-17/h3-11,13-14,22H,12H2,1-2H3,(H,26,28,29). The van der Waals surface area contributed by atoms with Gasteiger partial charge in [-0.1, -0.05) is 18.2 Å². The van der Waals surface area contributed by atoms with E-state index in [4.69, 9.17) is 9.47 Å². The van der Waals surface area contributed by atoms with Gasteiger partial charge in [-0.05, 0) is 36.4 Å². The average Bonchev–Trinajstić information content (AvgIpc) is 3.31. The van der Waals surface area contributed by atoms with Gasteiger partial charge in [0.05, 0.1) is 31.8 Å². The largest absolute Gasteiger partial charge is 0.493 e. The molecule has 32 heavy (non-hydrogen) atoms. The Balaban J connectivity index is 1.58. The number of ether oxygens (including phenoxy) is 2. The van der Waals surface area contributed by atoms with Crippen LogP contribution in [0.5, 0.6) is 11.5 Å². The molecular weight excluding hydrogens is 416 g/mol. The summed E-state index contributed by atoms with van der Waals surface area (Å²) in [6, 6.07) is 16.0. The van der Waals surface area contributed by atoms with Crippen molar-refractivity contribution in [2.75, 3.05) is 19.5 Å². The van der Waals surface area contributed by atoms with Crippen LogP contribution in [0.15, 0.2) is 67.0 Å². The van der Waals surface area contributed by atoms with Crippen LogP contribution in [0.1, 0.15) is 17.7 Å². The zero-order valence-corrected chi connectivity index (χ0v) is 17.5. The van der Waals surface area contributed by atoms with Gasteiger partial charge >= 0.3 is 0 Å². The molecule has 0 atom stereocenters.